The first-order valence-electron chi connectivity index (χ1n) is 7.18. The second kappa shape index (κ2) is 5.20. The van der Waals surface area contributed by atoms with Gasteiger partial charge in [-0.15, -0.1) is 0 Å². The maximum atomic E-state index is 4.79. The molecule has 0 radical (unpaired) electrons. The van der Waals surface area contributed by atoms with E-state index in [1.165, 1.54) is 48.3 Å². The normalized spacial score (nSPS) is 21.5. The molecule has 3 heteroatoms. The Bertz CT molecular complexity index is 481. The molecule has 3 rings (SSSR count). The molecular formula is C16H22N2S. The van der Waals surface area contributed by atoms with Gasteiger partial charge in [0, 0.05) is 18.0 Å². The lowest BCUT2D eigenvalue weighted by molar-refractivity contribution is 0.359. The third-order valence-electron chi connectivity index (χ3n) is 4.21. The molecular weight excluding hydrogens is 252 g/mol. The van der Waals surface area contributed by atoms with Crippen LogP contribution in [0, 0.1) is 19.3 Å². The summed E-state index contributed by atoms with van der Waals surface area (Å²) < 4.78 is 0. The molecule has 19 heavy (non-hydrogen) atoms. The van der Waals surface area contributed by atoms with Crippen molar-refractivity contribution in [1.29, 1.82) is 0 Å². The van der Waals surface area contributed by atoms with Crippen molar-refractivity contribution >= 4 is 22.6 Å². The Morgan fingerprint density at radius 1 is 1.11 bits per heavy atom. The standard InChI is InChI=1S/C16H22N2S/c1-12-7-13(2)9-14(8-12)18-15-17-10-16(11-19-15)5-3-4-6-16/h7-9H,3-6,10-11H2,1-2H3,(H,17,18). The van der Waals surface area contributed by atoms with E-state index in [1.807, 2.05) is 11.8 Å². The van der Waals surface area contributed by atoms with Gasteiger partial charge in [0.25, 0.3) is 0 Å². The zero-order chi connectivity index (χ0) is 13.3. The molecule has 1 aliphatic heterocycles. The van der Waals surface area contributed by atoms with Crippen LogP contribution in [-0.4, -0.2) is 17.5 Å². The van der Waals surface area contributed by atoms with Gasteiger partial charge in [-0.2, -0.15) is 0 Å². The molecule has 0 aromatic heterocycles. The highest BCUT2D eigenvalue weighted by Crippen LogP contribution is 2.43. The summed E-state index contributed by atoms with van der Waals surface area (Å²) in [5, 5.41) is 4.58. The SMILES string of the molecule is Cc1cc(C)cc(NC2=NCC3(CCCC3)CS2)c1. The number of benzene rings is 1. The maximum Gasteiger partial charge on any atom is 0.161 e. The van der Waals surface area contributed by atoms with Crippen LogP contribution < -0.4 is 5.32 Å². The molecule has 1 spiro atoms. The van der Waals surface area contributed by atoms with Gasteiger partial charge in [-0.05, 0) is 55.4 Å². The first-order chi connectivity index (χ1) is 9.15. The first kappa shape index (κ1) is 13.0. The van der Waals surface area contributed by atoms with E-state index in [0.29, 0.717) is 5.41 Å². The Labute approximate surface area is 120 Å². The third-order valence-corrected chi connectivity index (χ3v) is 5.47. The molecule has 1 aromatic carbocycles. The molecule has 1 N–H and O–H groups in total. The summed E-state index contributed by atoms with van der Waals surface area (Å²) in [6.45, 7) is 5.30. The van der Waals surface area contributed by atoms with Gasteiger partial charge >= 0.3 is 0 Å². The van der Waals surface area contributed by atoms with Gasteiger partial charge in [0.15, 0.2) is 5.17 Å². The topological polar surface area (TPSA) is 24.4 Å². The van der Waals surface area contributed by atoms with E-state index in [0.717, 1.165) is 11.7 Å². The van der Waals surface area contributed by atoms with E-state index in [9.17, 15) is 0 Å². The zero-order valence-corrected chi connectivity index (χ0v) is 12.6. The van der Waals surface area contributed by atoms with Crippen molar-refractivity contribution in [2.45, 2.75) is 39.5 Å². The van der Waals surface area contributed by atoms with Gasteiger partial charge in [-0.25, -0.2) is 0 Å². The number of hydrogen-bond donors (Lipinski definition) is 1. The molecule has 1 heterocycles. The summed E-state index contributed by atoms with van der Waals surface area (Å²) in [5.74, 6) is 1.24. The lowest BCUT2D eigenvalue weighted by atomic mass is 9.89. The van der Waals surface area contributed by atoms with Crippen molar-refractivity contribution in [1.82, 2.24) is 0 Å². The molecule has 1 aromatic rings. The fourth-order valence-corrected chi connectivity index (χ4v) is 4.39. The predicted octanol–water partition coefficient (Wildman–Crippen LogP) is 4.38. The van der Waals surface area contributed by atoms with E-state index in [1.54, 1.807) is 0 Å². The highest BCUT2D eigenvalue weighted by molar-refractivity contribution is 8.14. The van der Waals surface area contributed by atoms with Crippen molar-refractivity contribution in [3.8, 4) is 0 Å². The van der Waals surface area contributed by atoms with Crippen molar-refractivity contribution in [3.63, 3.8) is 0 Å². The molecule has 0 unspecified atom stereocenters. The van der Waals surface area contributed by atoms with Crippen LogP contribution in [0.25, 0.3) is 0 Å². The number of hydrogen-bond acceptors (Lipinski definition) is 3. The van der Waals surface area contributed by atoms with E-state index < -0.39 is 0 Å². The van der Waals surface area contributed by atoms with E-state index >= 15 is 0 Å². The van der Waals surface area contributed by atoms with Crippen LogP contribution in [0.3, 0.4) is 0 Å². The van der Waals surface area contributed by atoms with Crippen molar-refractivity contribution < 1.29 is 0 Å². The number of anilines is 1. The van der Waals surface area contributed by atoms with Gasteiger partial charge in [0.05, 0.1) is 0 Å². The quantitative estimate of drug-likeness (QED) is 0.822. The molecule has 0 saturated heterocycles. The lowest BCUT2D eigenvalue weighted by Crippen LogP contribution is -2.30. The number of nitrogens with one attached hydrogen (secondary N) is 1. The Morgan fingerprint density at radius 3 is 2.37 bits per heavy atom. The number of thioether (sulfide) groups is 1. The van der Waals surface area contributed by atoms with Crippen LogP contribution in [0.4, 0.5) is 5.69 Å². The molecule has 0 atom stereocenters. The lowest BCUT2D eigenvalue weighted by Gasteiger charge is -2.31. The van der Waals surface area contributed by atoms with Gasteiger partial charge < -0.3 is 5.32 Å². The number of aryl methyl sites for hydroxylation is 2. The Morgan fingerprint density at radius 2 is 1.79 bits per heavy atom. The number of aliphatic imine (C=N–C) groups is 1. The average molecular weight is 274 g/mol. The van der Waals surface area contributed by atoms with E-state index in [4.69, 9.17) is 4.99 Å². The summed E-state index contributed by atoms with van der Waals surface area (Å²) in [7, 11) is 0. The molecule has 2 aliphatic rings. The monoisotopic (exact) mass is 274 g/mol. The highest BCUT2D eigenvalue weighted by Gasteiger charge is 2.36. The van der Waals surface area contributed by atoms with Crippen LogP contribution >= 0.6 is 11.8 Å². The summed E-state index contributed by atoms with van der Waals surface area (Å²) in [4.78, 5) is 4.79. The Kier molecular flexibility index (Phi) is 3.57. The van der Waals surface area contributed by atoms with Crippen molar-refractivity contribution in [2.75, 3.05) is 17.6 Å². The molecule has 0 bridgehead atoms. The minimum absolute atomic E-state index is 0.526. The van der Waals surface area contributed by atoms with Crippen molar-refractivity contribution in [3.05, 3.63) is 29.3 Å². The van der Waals surface area contributed by atoms with Gasteiger partial charge in [-0.3, -0.25) is 4.99 Å². The van der Waals surface area contributed by atoms with Gasteiger partial charge in [-0.1, -0.05) is 30.7 Å². The smallest absolute Gasteiger partial charge is 0.161 e. The van der Waals surface area contributed by atoms with E-state index in [2.05, 4.69) is 37.4 Å². The minimum atomic E-state index is 0.526. The van der Waals surface area contributed by atoms with E-state index in [-0.39, 0.29) is 0 Å². The second-order valence-electron chi connectivity index (χ2n) is 6.12. The molecule has 102 valence electrons. The molecule has 2 nitrogen and oxygen atoms in total. The van der Waals surface area contributed by atoms with Crippen LogP contribution in [0.1, 0.15) is 36.8 Å². The van der Waals surface area contributed by atoms with Crippen LogP contribution in [0.2, 0.25) is 0 Å². The van der Waals surface area contributed by atoms with Gasteiger partial charge in [0.1, 0.15) is 0 Å². The number of amidine groups is 1. The fourth-order valence-electron chi connectivity index (χ4n) is 3.23. The summed E-state index contributed by atoms with van der Waals surface area (Å²) in [6.07, 6.45) is 5.55. The molecule has 0 amide bonds. The molecule has 1 saturated carbocycles. The maximum absolute atomic E-state index is 4.79. The predicted molar refractivity (Wildman–Crippen MR) is 85.2 cm³/mol. The minimum Gasteiger partial charge on any atom is -0.335 e. The largest absolute Gasteiger partial charge is 0.335 e. The van der Waals surface area contributed by atoms with Crippen LogP contribution in [-0.2, 0) is 0 Å². The third kappa shape index (κ3) is 2.97. The first-order valence-corrected chi connectivity index (χ1v) is 8.16. The molecule has 1 aliphatic carbocycles. The highest BCUT2D eigenvalue weighted by atomic mass is 32.2. The summed E-state index contributed by atoms with van der Waals surface area (Å²) in [5.41, 5.74) is 4.30. The number of nitrogens with zero attached hydrogens (tertiary/aromatic N) is 1. The molecule has 1 fully saturated rings. The Balaban J connectivity index is 1.69. The second-order valence-corrected chi connectivity index (χ2v) is 7.08. The average Bonchev–Trinajstić information content (AvgIpc) is 2.80. The number of rotatable bonds is 1. The Hall–Kier alpha value is -0.960. The zero-order valence-electron chi connectivity index (χ0n) is 11.8. The summed E-state index contributed by atoms with van der Waals surface area (Å²) >= 11 is 1.90. The van der Waals surface area contributed by atoms with Crippen LogP contribution in [0.15, 0.2) is 23.2 Å². The van der Waals surface area contributed by atoms with Crippen LogP contribution in [0.5, 0.6) is 0 Å². The van der Waals surface area contributed by atoms with Gasteiger partial charge in [0.2, 0.25) is 0 Å². The van der Waals surface area contributed by atoms with Crippen molar-refractivity contribution in [2.24, 2.45) is 10.4 Å². The summed E-state index contributed by atoms with van der Waals surface area (Å²) in [6, 6.07) is 6.58. The fraction of sp³-hybridized carbons (Fsp3) is 0.562.